The molecule has 3 aliphatic rings. The molecule has 1 amide bonds. The predicted octanol–water partition coefficient (Wildman–Crippen LogP) is 9.91. The Morgan fingerprint density at radius 1 is 0.882 bits per heavy atom. The zero-order valence-electron chi connectivity index (χ0n) is 43.5. The fraction of sp³-hybridized carbons (Fsp3) is 0.404. The van der Waals surface area contributed by atoms with Gasteiger partial charge >= 0.3 is 0 Å². The Bertz CT molecular complexity index is 3350. The minimum Gasteiger partial charge on any atom is -0.629 e. The van der Waals surface area contributed by atoms with Crippen molar-refractivity contribution in [2.75, 3.05) is 63.6 Å². The first-order chi connectivity index (χ1) is 36.5. The summed E-state index contributed by atoms with van der Waals surface area (Å²) in [6.45, 7) is 11.3. The van der Waals surface area contributed by atoms with Crippen molar-refractivity contribution in [3.8, 4) is 17.4 Å². The third kappa shape index (κ3) is 11.0. The number of halogens is 3. The number of fused-ring (bicyclic) bond motifs is 2. The molecule has 2 atom stereocenters. The van der Waals surface area contributed by atoms with Crippen molar-refractivity contribution in [3.63, 3.8) is 0 Å². The number of methoxy groups -OCH3 is 1. The van der Waals surface area contributed by atoms with Crippen LogP contribution in [0, 0.1) is 34.5 Å². The average molecular weight is 1060 g/mol. The number of hydrogen-bond acceptors (Lipinski definition) is 11. The number of hydroxylamine groups is 1. The number of nitrogens with zero attached hydrogens (tertiary/aromatic N) is 4. The van der Waals surface area contributed by atoms with Gasteiger partial charge in [-0.1, -0.05) is 63.9 Å². The van der Waals surface area contributed by atoms with Crippen LogP contribution in [0.4, 0.5) is 30.2 Å². The van der Waals surface area contributed by atoms with Crippen LogP contribution in [0.25, 0.3) is 21.9 Å². The number of nitrogens with one attached hydrogen (secondary N) is 5. The van der Waals surface area contributed by atoms with Gasteiger partial charge in [-0.25, -0.2) is 26.3 Å². The van der Waals surface area contributed by atoms with Crippen LogP contribution in [0.15, 0.2) is 96.2 Å². The van der Waals surface area contributed by atoms with Crippen molar-refractivity contribution in [1.82, 2.24) is 29.5 Å². The largest absolute Gasteiger partial charge is 0.629 e. The molecule has 7 aromatic rings. The van der Waals surface area contributed by atoms with Crippen molar-refractivity contribution in [2.45, 2.75) is 88.7 Å². The van der Waals surface area contributed by atoms with Gasteiger partial charge in [-0.05, 0) is 90.5 Å². The molecule has 1 unspecified atom stereocenters. The van der Waals surface area contributed by atoms with Gasteiger partial charge in [0.05, 0.1) is 30.6 Å². The number of carbonyl (C=O) groups excluding carboxylic acids is 1. The van der Waals surface area contributed by atoms with Crippen LogP contribution in [0.1, 0.15) is 98.3 Å². The molecule has 0 radical (unpaired) electrons. The zero-order chi connectivity index (χ0) is 53.4. The van der Waals surface area contributed by atoms with Crippen LogP contribution < -0.4 is 29.5 Å². The smallest absolute Gasteiger partial charge is 0.268 e. The van der Waals surface area contributed by atoms with E-state index in [1.54, 1.807) is 30.5 Å². The van der Waals surface area contributed by atoms with Crippen LogP contribution in [0.5, 0.6) is 17.4 Å². The van der Waals surface area contributed by atoms with Crippen LogP contribution in [-0.2, 0) is 16.6 Å². The lowest BCUT2D eigenvalue weighted by Crippen LogP contribution is -2.98. The number of ether oxygens (including phenoxy) is 2. The lowest BCUT2D eigenvalue weighted by Gasteiger charge is -2.48. The number of carbonyl (C=O) groups is 1. The summed E-state index contributed by atoms with van der Waals surface area (Å²) in [6.07, 6.45) is 8.74. The molecule has 15 nitrogen and oxygen atoms in total. The number of rotatable bonds is 16. The summed E-state index contributed by atoms with van der Waals surface area (Å²) in [4.78, 5) is 31.7. The highest BCUT2D eigenvalue weighted by Gasteiger charge is 2.37. The molecule has 402 valence electrons. The predicted molar refractivity (Wildman–Crippen MR) is 288 cm³/mol. The molecule has 76 heavy (non-hydrogen) atoms. The molecule has 0 spiro atoms. The van der Waals surface area contributed by atoms with Gasteiger partial charge in [-0.2, -0.15) is 4.98 Å². The maximum absolute atomic E-state index is 15.0. The summed E-state index contributed by atoms with van der Waals surface area (Å²) in [6, 6.07) is 22.2. The van der Waals surface area contributed by atoms with E-state index in [1.165, 1.54) is 55.6 Å². The first kappa shape index (κ1) is 52.8. The Labute approximate surface area is 441 Å². The standard InChI is InChI=1S/C57H66F3N9O6S/c1-34(2)40-8-6-7-9-41(40)49-33-67(32-37-14-17-45(58)46(59)26-37)24-25-69(49)38-19-22-68(23-20-38)39-15-16-42(50(27-39)75-51-28-44-47(60)31-63-55(44)64-57(51)74-5)56(70)65-76(72,73)52-29-48(66(4)71)54(53-43(52)18-21-61-53)62-30-36-12-10-35(3)11-13-36/h6-9,14-18,21,26-29,31,34-36,38,49,61-62,66H,10-13,19-20,22-25,30,32-33H2,1-5H3,(H,63,64)(H,65,70)/t35?,36?,49-/m0/s1. The van der Waals surface area contributed by atoms with E-state index >= 15 is 4.39 Å². The Hall–Kier alpha value is -6.64. The number of benzene rings is 4. The molecule has 3 fully saturated rings. The lowest BCUT2D eigenvalue weighted by atomic mass is 9.83. The highest BCUT2D eigenvalue weighted by molar-refractivity contribution is 7.90. The molecule has 2 saturated heterocycles. The third-order valence-electron chi connectivity index (χ3n) is 15.7. The number of anilines is 2. The summed E-state index contributed by atoms with van der Waals surface area (Å²) in [5, 5.41) is 16.8. The van der Waals surface area contributed by atoms with Crippen LogP contribution >= 0.6 is 0 Å². The van der Waals surface area contributed by atoms with Crippen LogP contribution in [0.2, 0.25) is 0 Å². The summed E-state index contributed by atoms with van der Waals surface area (Å²) >= 11 is 0. The monoisotopic (exact) mass is 1060 g/mol. The van der Waals surface area contributed by atoms with E-state index in [1.807, 2.05) is 0 Å². The van der Waals surface area contributed by atoms with Gasteiger partial charge in [-0.15, -0.1) is 0 Å². The van der Waals surface area contributed by atoms with Crippen molar-refractivity contribution < 1.29 is 40.9 Å². The van der Waals surface area contributed by atoms with E-state index < -0.39 is 33.4 Å². The number of hydrogen-bond donors (Lipinski definition) is 5. The molecule has 1 saturated carbocycles. The van der Waals surface area contributed by atoms with Gasteiger partial charge in [0.2, 0.25) is 0 Å². The molecule has 1 aliphatic carbocycles. The Kier molecular flexibility index (Phi) is 15.4. The van der Waals surface area contributed by atoms with E-state index in [9.17, 15) is 27.2 Å². The summed E-state index contributed by atoms with van der Waals surface area (Å²) < 4.78 is 86.5. The number of pyridine rings is 1. The molecule has 2 aliphatic heterocycles. The average Bonchev–Trinajstić information content (AvgIpc) is 4.08. The number of amides is 1. The van der Waals surface area contributed by atoms with E-state index in [2.05, 4.69) is 84.7 Å². The first-order valence-electron chi connectivity index (χ1n) is 26.3. The minimum atomic E-state index is -4.64. The van der Waals surface area contributed by atoms with Crippen LogP contribution in [0.3, 0.4) is 0 Å². The van der Waals surface area contributed by atoms with E-state index in [0.29, 0.717) is 66.8 Å². The van der Waals surface area contributed by atoms with Gasteiger partial charge in [0.15, 0.2) is 23.1 Å². The Morgan fingerprint density at radius 2 is 1.66 bits per heavy atom. The summed E-state index contributed by atoms with van der Waals surface area (Å²) in [7, 11) is -1.88. The Morgan fingerprint density at radius 3 is 2.39 bits per heavy atom. The maximum atomic E-state index is 15.0. The van der Waals surface area contributed by atoms with Gasteiger partial charge < -0.3 is 39.9 Å². The highest BCUT2D eigenvalue weighted by atomic mass is 32.2. The van der Waals surface area contributed by atoms with E-state index in [0.717, 1.165) is 63.4 Å². The fourth-order valence-corrected chi connectivity index (χ4v) is 12.8. The van der Waals surface area contributed by atoms with Crippen molar-refractivity contribution in [1.29, 1.82) is 0 Å². The molecular weight excluding hydrogens is 996 g/mol. The summed E-state index contributed by atoms with van der Waals surface area (Å²) in [5.41, 5.74) is 5.15. The molecule has 5 N–H and O–H groups in total. The number of quaternary nitrogens is 1. The molecule has 0 bridgehead atoms. The number of piperazine rings is 1. The second kappa shape index (κ2) is 22.1. The second-order valence-corrected chi connectivity index (χ2v) is 22.8. The zero-order valence-corrected chi connectivity index (χ0v) is 44.3. The van der Waals surface area contributed by atoms with E-state index in [4.69, 9.17) is 9.47 Å². The maximum Gasteiger partial charge on any atom is 0.268 e. The molecule has 4 aromatic carbocycles. The second-order valence-electron chi connectivity index (χ2n) is 21.1. The van der Waals surface area contributed by atoms with Crippen molar-refractivity contribution in [3.05, 3.63) is 136 Å². The van der Waals surface area contributed by atoms with E-state index in [-0.39, 0.29) is 67.6 Å². The number of H-pyrrole nitrogens is 2. The molecular formula is C57H66F3N9O6S. The first-order valence-corrected chi connectivity index (χ1v) is 27.8. The quantitative estimate of drug-likeness (QED) is 0.0583. The lowest BCUT2D eigenvalue weighted by molar-refractivity contribution is -0.750. The Balaban J connectivity index is 0.923. The normalized spacial score (nSPS) is 19.6. The number of piperidine rings is 1. The molecule has 10 rings (SSSR count). The number of aromatic nitrogens is 3. The molecule has 19 heteroatoms. The van der Waals surface area contributed by atoms with Gasteiger partial charge in [0.25, 0.3) is 21.8 Å². The molecule has 5 heterocycles. The molecule has 3 aromatic heterocycles. The SMILES string of the molecule is COc1nc2[nH]cc(F)c2cc1Oc1cc(N2CCC(N3CCN(Cc4ccc(F)c(F)c4)C[C@H]3c3ccccc3C(C)C)CC2)ccc1C(=O)NS(=O)(=O)c1cc([NH+](C)[O-])c(NCC2CCC(C)CC2)c2[nH]ccc12. The number of aromatic amines is 2. The highest BCUT2D eigenvalue weighted by Crippen LogP contribution is 2.41. The third-order valence-corrected chi connectivity index (χ3v) is 17.1. The topological polar surface area (TPSA) is 175 Å². The van der Waals surface area contributed by atoms with Crippen molar-refractivity contribution in [2.24, 2.45) is 11.8 Å². The fourth-order valence-electron chi connectivity index (χ4n) is 11.6. The van der Waals surface area contributed by atoms with Gasteiger partial charge in [0, 0.05) is 99.6 Å². The van der Waals surface area contributed by atoms with Gasteiger partial charge in [0.1, 0.15) is 27.8 Å². The van der Waals surface area contributed by atoms with Crippen molar-refractivity contribution >= 4 is 54.9 Å². The number of sulfonamides is 1. The minimum absolute atomic E-state index is 0.00331. The van der Waals surface area contributed by atoms with Gasteiger partial charge in [-0.3, -0.25) is 14.6 Å². The summed E-state index contributed by atoms with van der Waals surface area (Å²) in [5.74, 6) is -1.98. The van der Waals surface area contributed by atoms with Crippen LogP contribution in [-0.4, -0.2) is 98.5 Å².